The largest absolute Gasteiger partial charge is 0.243 e. The summed E-state index contributed by atoms with van der Waals surface area (Å²) in [5, 5.41) is 0. The number of rotatable bonds is 2. The van der Waals surface area contributed by atoms with Crippen LogP contribution >= 0.6 is 0 Å². The molecule has 66 valence electrons. The Morgan fingerprint density at radius 3 is 2.45 bits per heavy atom. The minimum atomic E-state index is -0.695. The Kier molecular flexibility index (Phi) is 3.52. The Morgan fingerprint density at radius 2 is 2.00 bits per heavy atom. The highest BCUT2D eigenvalue weighted by Gasteiger charge is 2.18. The van der Waals surface area contributed by atoms with E-state index in [-0.39, 0.29) is 0 Å². The highest BCUT2D eigenvalue weighted by molar-refractivity contribution is 7.82. The van der Waals surface area contributed by atoms with Gasteiger partial charge in [-0.05, 0) is 18.8 Å². The molecule has 1 aliphatic rings. The molecule has 0 bridgehead atoms. The number of hydrogen-bond donors (Lipinski definition) is 0. The zero-order chi connectivity index (χ0) is 8.27. The molecule has 1 heterocycles. The summed E-state index contributed by atoms with van der Waals surface area (Å²) in [6.07, 6.45) is 2.43. The molecule has 0 aromatic carbocycles. The van der Waals surface area contributed by atoms with Crippen molar-refractivity contribution in [2.75, 3.05) is 18.8 Å². The minimum absolute atomic E-state index is 0.695. The summed E-state index contributed by atoms with van der Waals surface area (Å²) in [5.41, 5.74) is 0. The lowest BCUT2D eigenvalue weighted by atomic mass is 10.0. The first-order valence-corrected chi connectivity index (χ1v) is 5.65. The van der Waals surface area contributed by atoms with Gasteiger partial charge in [-0.1, -0.05) is 13.8 Å². The van der Waals surface area contributed by atoms with Crippen LogP contribution in [0.1, 0.15) is 26.7 Å². The van der Waals surface area contributed by atoms with Crippen molar-refractivity contribution in [3.63, 3.8) is 0 Å². The molecule has 11 heavy (non-hydrogen) atoms. The average molecular weight is 175 g/mol. The first kappa shape index (κ1) is 9.20. The fourth-order valence-electron chi connectivity index (χ4n) is 1.37. The summed E-state index contributed by atoms with van der Waals surface area (Å²) < 4.78 is 13.4. The molecule has 1 aliphatic heterocycles. The third-order valence-electron chi connectivity index (χ3n) is 2.28. The van der Waals surface area contributed by atoms with E-state index in [9.17, 15) is 4.21 Å². The fraction of sp³-hybridized carbons (Fsp3) is 1.00. The van der Waals surface area contributed by atoms with E-state index in [2.05, 4.69) is 11.2 Å². The van der Waals surface area contributed by atoms with Crippen LogP contribution in [-0.4, -0.2) is 27.4 Å². The monoisotopic (exact) mass is 175 g/mol. The fourth-order valence-corrected chi connectivity index (χ4v) is 2.35. The van der Waals surface area contributed by atoms with Crippen molar-refractivity contribution in [2.24, 2.45) is 5.92 Å². The second-order valence-electron chi connectivity index (χ2n) is 3.22. The van der Waals surface area contributed by atoms with Gasteiger partial charge in [0.25, 0.3) is 0 Å². The van der Waals surface area contributed by atoms with Gasteiger partial charge in [0.2, 0.25) is 0 Å². The van der Waals surface area contributed by atoms with Crippen molar-refractivity contribution in [3.8, 4) is 0 Å². The van der Waals surface area contributed by atoms with Crippen molar-refractivity contribution < 1.29 is 4.21 Å². The lowest BCUT2D eigenvalue weighted by Gasteiger charge is -2.28. The van der Waals surface area contributed by atoms with E-state index >= 15 is 0 Å². The van der Waals surface area contributed by atoms with Gasteiger partial charge in [-0.2, -0.15) is 0 Å². The molecule has 1 unspecified atom stereocenters. The van der Waals surface area contributed by atoms with Gasteiger partial charge in [-0.3, -0.25) is 0 Å². The van der Waals surface area contributed by atoms with E-state index < -0.39 is 11.0 Å². The van der Waals surface area contributed by atoms with Gasteiger partial charge in [0.1, 0.15) is 0 Å². The van der Waals surface area contributed by atoms with Crippen molar-refractivity contribution in [1.29, 1.82) is 0 Å². The van der Waals surface area contributed by atoms with Crippen molar-refractivity contribution in [1.82, 2.24) is 4.31 Å². The van der Waals surface area contributed by atoms with E-state index in [1.807, 2.05) is 6.92 Å². The second kappa shape index (κ2) is 4.21. The Balaban J connectivity index is 2.33. The summed E-state index contributed by atoms with van der Waals surface area (Å²) >= 11 is 0. The molecule has 0 amide bonds. The zero-order valence-corrected chi connectivity index (χ0v) is 8.19. The molecule has 1 saturated heterocycles. The normalized spacial score (nSPS) is 25.3. The van der Waals surface area contributed by atoms with Gasteiger partial charge >= 0.3 is 0 Å². The molecule has 0 aliphatic carbocycles. The van der Waals surface area contributed by atoms with Crippen LogP contribution in [0.2, 0.25) is 0 Å². The lowest BCUT2D eigenvalue weighted by molar-refractivity contribution is 0.299. The van der Waals surface area contributed by atoms with Gasteiger partial charge < -0.3 is 0 Å². The topological polar surface area (TPSA) is 20.3 Å². The maximum Gasteiger partial charge on any atom is 0.0939 e. The van der Waals surface area contributed by atoms with Crippen LogP contribution in [0.15, 0.2) is 0 Å². The summed E-state index contributed by atoms with van der Waals surface area (Å²) in [6, 6.07) is 0. The maximum absolute atomic E-state index is 11.3. The molecule has 3 heteroatoms. The number of hydrogen-bond acceptors (Lipinski definition) is 1. The quantitative estimate of drug-likeness (QED) is 0.621. The van der Waals surface area contributed by atoms with Gasteiger partial charge in [-0.25, -0.2) is 8.51 Å². The van der Waals surface area contributed by atoms with Crippen LogP contribution in [0.3, 0.4) is 0 Å². The van der Waals surface area contributed by atoms with Gasteiger partial charge in [0.15, 0.2) is 0 Å². The third-order valence-corrected chi connectivity index (χ3v) is 3.71. The number of piperidine rings is 1. The van der Waals surface area contributed by atoms with Crippen molar-refractivity contribution in [3.05, 3.63) is 0 Å². The van der Waals surface area contributed by atoms with Crippen molar-refractivity contribution >= 4 is 11.0 Å². The summed E-state index contributed by atoms with van der Waals surface area (Å²) in [7, 11) is -0.695. The highest BCUT2D eigenvalue weighted by Crippen LogP contribution is 2.16. The first-order chi connectivity index (χ1) is 5.24. The maximum atomic E-state index is 11.3. The van der Waals surface area contributed by atoms with Crippen molar-refractivity contribution in [2.45, 2.75) is 26.7 Å². The Labute approximate surface area is 71.6 Å². The SMILES string of the molecule is CCS(=O)N1CCC(C)CC1. The lowest BCUT2D eigenvalue weighted by Crippen LogP contribution is -2.35. The standard InChI is InChI=1S/C8H17NOS/c1-3-11(10)9-6-4-8(2)5-7-9/h8H,3-7H2,1-2H3. The smallest absolute Gasteiger partial charge is 0.0939 e. The molecule has 0 spiro atoms. The van der Waals surface area contributed by atoms with Crippen LogP contribution in [0.5, 0.6) is 0 Å². The minimum Gasteiger partial charge on any atom is -0.243 e. The predicted molar refractivity (Wildman–Crippen MR) is 48.7 cm³/mol. The molecule has 0 aromatic heterocycles. The van der Waals surface area contributed by atoms with Gasteiger partial charge in [-0.15, -0.1) is 0 Å². The van der Waals surface area contributed by atoms with Crippen LogP contribution in [0, 0.1) is 5.92 Å². The molecule has 0 N–H and O–H groups in total. The van der Waals surface area contributed by atoms with Crippen LogP contribution in [-0.2, 0) is 11.0 Å². The molecule has 0 saturated carbocycles. The molecule has 1 rings (SSSR count). The molecule has 1 atom stereocenters. The average Bonchev–Trinajstić information content (AvgIpc) is 2.05. The molecule has 1 fully saturated rings. The molecular weight excluding hydrogens is 158 g/mol. The van der Waals surface area contributed by atoms with E-state index in [4.69, 9.17) is 0 Å². The van der Waals surface area contributed by atoms with Crippen LogP contribution in [0.4, 0.5) is 0 Å². The highest BCUT2D eigenvalue weighted by atomic mass is 32.2. The van der Waals surface area contributed by atoms with E-state index in [0.717, 1.165) is 24.8 Å². The predicted octanol–water partition coefficient (Wildman–Crippen LogP) is 1.40. The first-order valence-electron chi connectivity index (χ1n) is 4.37. The number of nitrogens with zero attached hydrogens (tertiary/aromatic N) is 1. The Morgan fingerprint density at radius 1 is 1.45 bits per heavy atom. The second-order valence-corrected chi connectivity index (χ2v) is 4.96. The van der Waals surface area contributed by atoms with E-state index in [0.29, 0.717) is 0 Å². The van der Waals surface area contributed by atoms with Gasteiger partial charge in [0.05, 0.1) is 11.0 Å². The summed E-state index contributed by atoms with van der Waals surface area (Å²) in [4.78, 5) is 0. The molecular formula is C8H17NOS. The third kappa shape index (κ3) is 2.56. The van der Waals surface area contributed by atoms with Crippen LogP contribution in [0.25, 0.3) is 0 Å². The zero-order valence-electron chi connectivity index (χ0n) is 7.38. The summed E-state index contributed by atoms with van der Waals surface area (Å²) in [5.74, 6) is 1.61. The van der Waals surface area contributed by atoms with E-state index in [1.165, 1.54) is 12.8 Å². The molecule has 0 radical (unpaired) electrons. The Bertz CT molecular complexity index is 141. The molecule has 2 nitrogen and oxygen atoms in total. The van der Waals surface area contributed by atoms with E-state index in [1.54, 1.807) is 0 Å². The Hall–Kier alpha value is 0.110. The summed E-state index contributed by atoms with van der Waals surface area (Å²) in [6.45, 7) is 6.31. The van der Waals surface area contributed by atoms with Crippen LogP contribution < -0.4 is 0 Å². The molecule has 0 aromatic rings. The van der Waals surface area contributed by atoms with Gasteiger partial charge in [0, 0.05) is 18.8 Å².